The zero-order valence-electron chi connectivity index (χ0n) is 11.4. The largest absolute Gasteiger partial charge is 0.436 e. The Morgan fingerprint density at radius 1 is 0.950 bits per heavy atom. The number of benzene rings is 2. The van der Waals surface area contributed by atoms with Crippen LogP contribution in [0.3, 0.4) is 0 Å². The molecule has 0 fully saturated rings. The van der Waals surface area contributed by atoms with E-state index in [1.165, 1.54) is 5.56 Å². The van der Waals surface area contributed by atoms with Crippen LogP contribution in [0.25, 0.3) is 11.0 Å². The average molecular weight is 265 g/mol. The fourth-order valence-electron chi connectivity index (χ4n) is 2.09. The van der Waals surface area contributed by atoms with E-state index in [4.69, 9.17) is 10.5 Å². The van der Waals surface area contributed by atoms with Crippen LogP contribution in [0.15, 0.2) is 42.5 Å². The number of ether oxygens (including phenoxy) is 1. The quantitative estimate of drug-likeness (QED) is 0.768. The molecule has 0 bridgehead atoms. The minimum absolute atomic E-state index is 0.295. The zero-order valence-corrected chi connectivity index (χ0v) is 11.4. The molecule has 0 spiro atoms. The van der Waals surface area contributed by atoms with Crippen LogP contribution in [0.2, 0.25) is 0 Å². The molecule has 4 nitrogen and oxygen atoms in total. The molecule has 3 rings (SSSR count). The van der Waals surface area contributed by atoms with Gasteiger partial charge in [-0.3, -0.25) is 0 Å². The molecular weight excluding hydrogens is 250 g/mol. The van der Waals surface area contributed by atoms with Crippen molar-refractivity contribution >= 4 is 16.9 Å². The second kappa shape index (κ2) is 4.81. The molecule has 0 atom stereocenters. The maximum Gasteiger partial charge on any atom is 0.263 e. The first-order valence-corrected chi connectivity index (χ1v) is 6.41. The van der Waals surface area contributed by atoms with Crippen molar-refractivity contribution in [2.45, 2.75) is 13.8 Å². The van der Waals surface area contributed by atoms with Crippen LogP contribution in [0.1, 0.15) is 11.1 Å². The maximum absolute atomic E-state index is 5.92. The van der Waals surface area contributed by atoms with Crippen LogP contribution in [-0.2, 0) is 0 Å². The molecule has 1 heterocycles. The second-order valence-electron chi connectivity index (χ2n) is 4.77. The van der Waals surface area contributed by atoms with Gasteiger partial charge in [0.2, 0.25) is 0 Å². The number of nitrogens with two attached hydrogens (primary N) is 1. The maximum atomic E-state index is 5.92. The van der Waals surface area contributed by atoms with Crippen LogP contribution in [0, 0.1) is 13.8 Å². The Hall–Kier alpha value is -2.62. The number of aryl methyl sites for hydroxylation is 2. The van der Waals surface area contributed by atoms with Gasteiger partial charge in [0.15, 0.2) is 5.82 Å². The van der Waals surface area contributed by atoms with Crippen molar-refractivity contribution in [1.29, 1.82) is 0 Å². The first-order valence-electron chi connectivity index (χ1n) is 6.41. The van der Waals surface area contributed by atoms with Crippen molar-refractivity contribution in [2.24, 2.45) is 0 Å². The summed E-state index contributed by atoms with van der Waals surface area (Å²) in [7, 11) is 0. The van der Waals surface area contributed by atoms with E-state index in [1.807, 2.05) is 50.2 Å². The Bertz CT molecular complexity index is 784. The molecule has 4 heteroatoms. The average Bonchev–Trinajstić information content (AvgIpc) is 2.42. The molecule has 0 saturated heterocycles. The minimum atomic E-state index is 0.295. The Morgan fingerprint density at radius 3 is 2.35 bits per heavy atom. The van der Waals surface area contributed by atoms with Crippen molar-refractivity contribution < 1.29 is 4.74 Å². The lowest BCUT2D eigenvalue weighted by Crippen LogP contribution is -2.00. The van der Waals surface area contributed by atoms with Gasteiger partial charge < -0.3 is 10.5 Å². The number of hydrogen-bond acceptors (Lipinski definition) is 4. The lowest BCUT2D eigenvalue weighted by atomic mass is 10.1. The van der Waals surface area contributed by atoms with Gasteiger partial charge >= 0.3 is 0 Å². The topological polar surface area (TPSA) is 61.0 Å². The molecule has 0 amide bonds. The van der Waals surface area contributed by atoms with Gasteiger partial charge in [0.05, 0.1) is 11.0 Å². The van der Waals surface area contributed by atoms with Crippen molar-refractivity contribution in [3.05, 3.63) is 53.6 Å². The van der Waals surface area contributed by atoms with Gasteiger partial charge in [0, 0.05) is 0 Å². The fourth-order valence-corrected chi connectivity index (χ4v) is 2.09. The predicted molar refractivity (Wildman–Crippen MR) is 79.9 cm³/mol. The molecule has 2 aromatic carbocycles. The van der Waals surface area contributed by atoms with Crippen LogP contribution < -0.4 is 10.5 Å². The molecule has 100 valence electrons. The number of aromatic nitrogens is 2. The highest BCUT2D eigenvalue weighted by Gasteiger charge is 2.09. The third kappa shape index (κ3) is 2.28. The predicted octanol–water partition coefficient (Wildman–Crippen LogP) is 3.62. The molecule has 0 unspecified atom stereocenters. The molecule has 2 N–H and O–H groups in total. The number of nitrogens with zero attached hydrogens (tertiary/aromatic N) is 2. The number of fused-ring (bicyclic) bond motifs is 1. The minimum Gasteiger partial charge on any atom is -0.436 e. The SMILES string of the molecule is Cc1ccc(Oc2nc3ccccc3nc2N)c(C)c1. The van der Waals surface area contributed by atoms with Crippen molar-refractivity contribution in [3.63, 3.8) is 0 Å². The third-order valence-electron chi connectivity index (χ3n) is 3.10. The second-order valence-corrected chi connectivity index (χ2v) is 4.77. The summed E-state index contributed by atoms with van der Waals surface area (Å²) in [6, 6.07) is 13.5. The van der Waals surface area contributed by atoms with E-state index in [1.54, 1.807) is 0 Å². The van der Waals surface area contributed by atoms with E-state index in [9.17, 15) is 0 Å². The molecule has 3 aromatic rings. The smallest absolute Gasteiger partial charge is 0.263 e. The number of rotatable bonds is 2. The van der Waals surface area contributed by atoms with Crippen LogP contribution in [-0.4, -0.2) is 9.97 Å². The van der Waals surface area contributed by atoms with E-state index in [-0.39, 0.29) is 0 Å². The van der Waals surface area contributed by atoms with Crippen molar-refractivity contribution in [2.75, 3.05) is 5.73 Å². The van der Waals surface area contributed by atoms with E-state index >= 15 is 0 Å². The molecule has 0 radical (unpaired) electrons. The highest BCUT2D eigenvalue weighted by molar-refractivity contribution is 5.76. The summed E-state index contributed by atoms with van der Waals surface area (Å²) in [5.74, 6) is 1.38. The van der Waals surface area contributed by atoms with Crippen LogP contribution in [0.5, 0.6) is 11.6 Å². The number of hydrogen-bond donors (Lipinski definition) is 1. The summed E-state index contributed by atoms with van der Waals surface area (Å²) in [4.78, 5) is 8.73. The van der Waals surface area contributed by atoms with E-state index in [0.717, 1.165) is 22.3 Å². The van der Waals surface area contributed by atoms with Gasteiger partial charge in [-0.25, -0.2) is 9.97 Å². The summed E-state index contributed by atoms with van der Waals surface area (Å²) in [5, 5.41) is 0. The third-order valence-corrected chi connectivity index (χ3v) is 3.10. The standard InChI is InChI=1S/C16H15N3O/c1-10-7-8-14(11(2)9-10)20-16-15(17)18-12-5-3-4-6-13(12)19-16/h3-9H,1-2H3,(H2,17,18). The molecule has 0 aliphatic heterocycles. The molecule has 20 heavy (non-hydrogen) atoms. The van der Waals surface area contributed by atoms with Gasteiger partial charge in [-0.05, 0) is 37.6 Å². The van der Waals surface area contributed by atoms with Gasteiger partial charge in [-0.2, -0.15) is 0 Å². The number of para-hydroxylation sites is 2. The summed E-state index contributed by atoms with van der Waals surface area (Å²) in [5.41, 5.74) is 9.67. The van der Waals surface area contributed by atoms with Crippen LogP contribution in [0.4, 0.5) is 5.82 Å². The lowest BCUT2D eigenvalue weighted by molar-refractivity contribution is 0.462. The van der Waals surface area contributed by atoms with Crippen molar-refractivity contribution in [3.8, 4) is 11.6 Å². The number of anilines is 1. The van der Waals surface area contributed by atoms with Gasteiger partial charge in [-0.1, -0.05) is 29.8 Å². The van der Waals surface area contributed by atoms with Gasteiger partial charge in [0.1, 0.15) is 5.75 Å². The number of nitrogen functional groups attached to an aromatic ring is 1. The first kappa shape index (κ1) is 12.4. The summed E-state index contributed by atoms with van der Waals surface area (Å²) < 4.78 is 5.80. The Labute approximate surface area is 117 Å². The first-order chi connectivity index (χ1) is 9.63. The summed E-state index contributed by atoms with van der Waals surface area (Å²) >= 11 is 0. The zero-order chi connectivity index (χ0) is 14.1. The normalized spacial score (nSPS) is 10.7. The molecule has 1 aromatic heterocycles. The summed E-state index contributed by atoms with van der Waals surface area (Å²) in [6.45, 7) is 4.04. The highest BCUT2D eigenvalue weighted by atomic mass is 16.5. The van der Waals surface area contributed by atoms with E-state index < -0.39 is 0 Å². The highest BCUT2D eigenvalue weighted by Crippen LogP contribution is 2.28. The molecular formula is C16H15N3O. The Kier molecular flexibility index (Phi) is 2.99. The fraction of sp³-hybridized carbons (Fsp3) is 0.125. The molecule has 0 aliphatic rings. The Morgan fingerprint density at radius 2 is 1.65 bits per heavy atom. The lowest BCUT2D eigenvalue weighted by Gasteiger charge is -2.10. The Balaban J connectivity index is 2.03. The van der Waals surface area contributed by atoms with E-state index in [2.05, 4.69) is 16.0 Å². The molecule has 0 aliphatic carbocycles. The monoisotopic (exact) mass is 265 g/mol. The van der Waals surface area contributed by atoms with Crippen LogP contribution >= 0.6 is 0 Å². The van der Waals surface area contributed by atoms with Crippen molar-refractivity contribution in [1.82, 2.24) is 9.97 Å². The molecule has 0 saturated carbocycles. The van der Waals surface area contributed by atoms with E-state index in [0.29, 0.717) is 11.7 Å². The summed E-state index contributed by atoms with van der Waals surface area (Å²) in [6.07, 6.45) is 0. The van der Waals surface area contributed by atoms with Gasteiger partial charge in [0.25, 0.3) is 5.88 Å². The van der Waals surface area contributed by atoms with Gasteiger partial charge in [-0.15, -0.1) is 0 Å².